The number of allylic oxidation sites excluding steroid dienone is 2. The fourth-order valence-electron chi connectivity index (χ4n) is 1.89. The molecule has 0 spiro atoms. The predicted molar refractivity (Wildman–Crippen MR) is 72.6 cm³/mol. The van der Waals surface area contributed by atoms with Crippen LogP contribution in [0, 0.1) is 5.92 Å². The highest BCUT2D eigenvalue weighted by Crippen LogP contribution is 2.33. The first-order chi connectivity index (χ1) is 8.13. The Balaban J connectivity index is 3.01. The molecule has 2 N–H and O–H groups in total. The van der Waals surface area contributed by atoms with Crippen LogP contribution in [0.15, 0.2) is 23.8 Å². The van der Waals surface area contributed by atoms with Gasteiger partial charge in [-0.15, -0.1) is 0 Å². The Morgan fingerprint density at radius 3 is 2.50 bits per heavy atom. The van der Waals surface area contributed by atoms with Crippen molar-refractivity contribution in [2.45, 2.75) is 45.8 Å². The molecule has 4 heteroatoms. The van der Waals surface area contributed by atoms with Gasteiger partial charge in [-0.25, -0.2) is 5.84 Å². The van der Waals surface area contributed by atoms with E-state index in [0.717, 1.165) is 0 Å². The zero-order chi connectivity index (χ0) is 14.1. The van der Waals surface area contributed by atoms with Crippen molar-refractivity contribution in [3.63, 3.8) is 0 Å². The van der Waals surface area contributed by atoms with Gasteiger partial charge in [0.2, 0.25) is 0 Å². The summed E-state index contributed by atoms with van der Waals surface area (Å²) in [6.45, 7) is 9.67. The van der Waals surface area contributed by atoms with Crippen LogP contribution in [-0.2, 0) is 9.53 Å². The van der Waals surface area contributed by atoms with Crippen LogP contribution < -0.4 is 5.84 Å². The SMILES string of the molecule is COC1(C)C=CC=C(C(=O)N(N)C(C)(C)C)C1C. The molecule has 2 unspecified atom stereocenters. The molecule has 0 aromatic carbocycles. The van der Waals surface area contributed by atoms with Crippen LogP contribution in [0.1, 0.15) is 34.6 Å². The zero-order valence-electron chi connectivity index (χ0n) is 12.2. The maximum absolute atomic E-state index is 12.4. The average molecular weight is 252 g/mol. The number of amides is 1. The molecule has 1 aliphatic rings. The number of hydrogen-bond acceptors (Lipinski definition) is 3. The minimum atomic E-state index is -0.460. The van der Waals surface area contributed by atoms with E-state index in [2.05, 4.69) is 0 Å². The van der Waals surface area contributed by atoms with Gasteiger partial charge in [-0.05, 0) is 27.7 Å². The lowest BCUT2D eigenvalue weighted by Crippen LogP contribution is -2.53. The average Bonchev–Trinajstić information content (AvgIpc) is 2.30. The quantitative estimate of drug-likeness (QED) is 0.465. The van der Waals surface area contributed by atoms with E-state index in [1.165, 1.54) is 5.01 Å². The maximum Gasteiger partial charge on any atom is 0.264 e. The van der Waals surface area contributed by atoms with Gasteiger partial charge in [-0.1, -0.05) is 25.2 Å². The standard InChI is InChI=1S/C14H24N2O2/c1-10-11(8-7-9-14(10,5)18-6)12(17)16(15)13(2,3)4/h7-10H,15H2,1-6H3. The normalized spacial score (nSPS) is 27.9. The second-order valence-corrected chi connectivity index (χ2v) is 5.94. The summed E-state index contributed by atoms with van der Waals surface area (Å²) in [5.41, 5.74) is -0.180. The molecule has 1 rings (SSSR count). The molecule has 0 fully saturated rings. The molecule has 0 bridgehead atoms. The Morgan fingerprint density at radius 2 is 2.06 bits per heavy atom. The molecular formula is C14H24N2O2. The number of carbonyl (C=O) groups is 1. The van der Waals surface area contributed by atoms with Crippen molar-refractivity contribution in [3.05, 3.63) is 23.8 Å². The van der Waals surface area contributed by atoms with Crippen molar-refractivity contribution >= 4 is 5.91 Å². The van der Waals surface area contributed by atoms with Crippen molar-refractivity contribution in [2.24, 2.45) is 11.8 Å². The minimum Gasteiger partial charge on any atom is -0.374 e. The van der Waals surface area contributed by atoms with E-state index in [1.807, 2.05) is 52.8 Å². The molecule has 0 radical (unpaired) electrons. The largest absolute Gasteiger partial charge is 0.374 e. The van der Waals surface area contributed by atoms with Gasteiger partial charge < -0.3 is 4.74 Å². The fourth-order valence-corrected chi connectivity index (χ4v) is 1.89. The lowest BCUT2D eigenvalue weighted by molar-refractivity contribution is -0.133. The summed E-state index contributed by atoms with van der Waals surface area (Å²) in [7, 11) is 1.65. The van der Waals surface area contributed by atoms with Gasteiger partial charge >= 0.3 is 0 Å². The Kier molecular flexibility index (Phi) is 4.03. The molecule has 1 amide bonds. The molecule has 102 valence electrons. The number of nitrogens with zero attached hydrogens (tertiary/aromatic N) is 1. The van der Waals surface area contributed by atoms with Crippen LogP contribution in [-0.4, -0.2) is 29.2 Å². The van der Waals surface area contributed by atoms with Gasteiger partial charge in [0.05, 0.1) is 11.1 Å². The van der Waals surface area contributed by atoms with E-state index in [9.17, 15) is 4.79 Å². The van der Waals surface area contributed by atoms with Gasteiger partial charge in [0.15, 0.2) is 0 Å². The molecule has 2 atom stereocenters. The van der Waals surface area contributed by atoms with Gasteiger partial charge in [-0.3, -0.25) is 9.80 Å². The Bertz CT molecular complexity index is 393. The zero-order valence-corrected chi connectivity index (χ0v) is 12.2. The van der Waals surface area contributed by atoms with Gasteiger partial charge in [0.1, 0.15) is 0 Å². The number of hydrazine groups is 1. The minimum absolute atomic E-state index is 0.0339. The van der Waals surface area contributed by atoms with Crippen molar-refractivity contribution < 1.29 is 9.53 Å². The lowest BCUT2D eigenvalue weighted by atomic mass is 9.80. The van der Waals surface area contributed by atoms with Crippen molar-refractivity contribution in [1.29, 1.82) is 0 Å². The topological polar surface area (TPSA) is 55.6 Å². The second-order valence-electron chi connectivity index (χ2n) is 5.94. The molecule has 0 aliphatic heterocycles. The van der Waals surface area contributed by atoms with Gasteiger partial charge in [0, 0.05) is 18.6 Å². The highest BCUT2D eigenvalue weighted by Gasteiger charge is 2.38. The summed E-state index contributed by atoms with van der Waals surface area (Å²) in [5.74, 6) is 5.71. The first-order valence-electron chi connectivity index (χ1n) is 6.17. The van der Waals surface area contributed by atoms with Gasteiger partial charge in [-0.2, -0.15) is 0 Å². The maximum atomic E-state index is 12.4. The number of ether oxygens (including phenoxy) is 1. The first kappa shape index (κ1) is 14.9. The number of carbonyl (C=O) groups excluding carboxylic acids is 1. The highest BCUT2D eigenvalue weighted by molar-refractivity contribution is 5.94. The van der Waals surface area contributed by atoms with E-state index >= 15 is 0 Å². The van der Waals surface area contributed by atoms with Crippen molar-refractivity contribution in [1.82, 2.24) is 5.01 Å². The van der Waals surface area contributed by atoms with Gasteiger partial charge in [0.25, 0.3) is 5.91 Å². The molecule has 18 heavy (non-hydrogen) atoms. The molecule has 0 saturated heterocycles. The fraction of sp³-hybridized carbons (Fsp3) is 0.643. The predicted octanol–water partition coefficient (Wildman–Crippen LogP) is 2.02. The monoisotopic (exact) mass is 252 g/mol. The number of methoxy groups -OCH3 is 1. The van der Waals surface area contributed by atoms with Crippen molar-refractivity contribution in [2.75, 3.05) is 7.11 Å². The summed E-state index contributed by atoms with van der Waals surface area (Å²) in [6, 6.07) is 0. The van der Waals surface area contributed by atoms with Crippen LogP contribution in [0.4, 0.5) is 0 Å². The molecule has 0 saturated carbocycles. The lowest BCUT2D eigenvalue weighted by Gasteiger charge is -2.38. The number of hydrogen-bond donors (Lipinski definition) is 1. The highest BCUT2D eigenvalue weighted by atomic mass is 16.5. The van der Waals surface area contributed by atoms with E-state index in [0.29, 0.717) is 5.57 Å². The van der Waals surface area contributed by atoms with Crippen LogP contribution >= 0.6 is 0 Å². The summed E-state index contributed by atoms with van der Waals surface area (Å²) in [5, 5.41) is 1.28. The third-order valence-corrected chi connectivity index (χ3v) is 3.66. The Labute approximate surface area is 109 Å². The third kappa shape index (κ3) is 2.65. The number of rotatable bonds is 2. The van der Waals surface area contributed by atoms with Crippen LogP contribution in [0.25, 0.3) is 0 Å². The smallest absolute Gasteiger partial charge is 0.264 e. The summed E-state index contributed by atoms with van der Waals surface area (Å²) >= 11 is 0. The van der Waals surface area contributed by atoms with Crippen LogP contribution in [0.2, 0.25) is 0 Å². The molecule has 0 heterocycles. The van der Waals surface area contributed by atoms with Crippen LogP contribution in [0.5, 0.6) is 0 Å². The molecule has 1 aliphatic carbocycles. The van der Waals surface area contributed by atoms with E-state index in [1.54, 1.807) is 7.11 Å². The summed E-state index contributed by atoms with van der Waals surface area (Å²) in [4.78, 5) is 12.4. The van der Waals surface area contributed by atoms with Crippen molar-refractivity contribution in [3.8, 4) is 0 Å². The van der Waals surface area contributed by atoms with E-state index in [-0.39, 0.29) is 11.8 Å². The summed E-state index contributed by atoms with van der Waals surface area (Å²) < 4.78 is 5.50. The Morgan fingerprint density at radius 1 is 1.50 bits per heavy atom. The van der Waals surface area contributed by atoms with Crippen LogP contribution in [0.3, 0.4) is 0 Å². The van der Waals surface area contributed by atoms with E-state index < -0.39 is 11.1 Å². The molecule has 0 aromatic rings. The molecule has 4 nitrogen and oxygen atoms in total. The second kappa shape index (κ2) is 4.86. The molecule has 0 aromatic heterocycles. The van der Waals surface area contributed by atoms with E-state index in [4.69, 9.17) is 10.6 Å². The number of nitrogens with two attached hydrogens (primary N) is 1. The molecular weight excluding hydrogens is 228 g/mol. The Hall–Kier alpha value is -1.13. The first-order valence-corrected chi connectivity index (χ1v) is 6.17. The third-order valence-electron chi connectivity index (χ3n) is 3.66. The summed E-state index contributed by atoms with van der Waals surface area (Å²) in [6.07, 6.45) is 5.64.